The number of alkyl halides is 1. The lowest BCUT2D eigenvalue weighted by molar-refractivity contribution is -0.116. The van der Waals surface area contributed by atoms with Crippen LogP contribution in [0.5, 0.6) is 11.5 Å². The van der Waals surface area contributed by atoms with E-state index in [1.165, 1.54) is 0 Å². The fraction of sp³-hybridized carbons (Fsp3) is 0.435. The van der Waals surface area contributed by atoms with Gasteiger partial charge in [-0.3, -0.25) is 4.79 Å². The Bertz CT molecular complexity index is 824. The number of aromatic hydroxyl groups is 2. The van der Waals surface area contributed by atoms with E-state index in [9.17, 15) is 15.0 Å². The Kier molecular flexibility index (Phi) is 12.1. The number of halogens is 2. The van der Waals surface area contributed by atoms with Crippen molar-refractivity contribution in [3.05, 3.63) is 47.5 Å². The molecule has 0 aromatic heterocycles. The molecule has 0 heterocycles. The van der Waals surface area contributed by atoms with Gasteiger partial charge in [0.25, 0.3) is 0 Å². The predicted molar refractivity (Wildman–Crippen MR) is 135 cm³/mol. The van der Waals surface area contributed by atoms with Crippen LogP contribution in [-0.4, -0.2) is 20.9 Å². The molecular weight excluding hydrogens is 512 g/mol. The zero-order valence-corrected chi connectivity index (χ0v) is 21.7. The summed E-state index contributed by atoms with van der Waals surface area (Å²) in [7, 11) is 0. The highest BCUT2D eigenvalue weighted by Gasteiger charge is 2.20. The molecule has 0 aliphatic heterocycles. The van der Waals surface area contributed by atoms with Crippen LogP contribution < -0.4 is 11.1 Å². The molecule has 2 rings (SSSR count). The van der Waals surface area contributed by atoms with E-state index in [0.717, 1.165) is 11.1 Å². The van der Waals surface area contributed by atoms with Gasteiger partial charge in [0.05, 0.1) is 16.2 Å². The number of nitrogens with one attached hydrogen (secondary N) is 1. The Hall–Kier alpha value is -1.73. The smallest absolute Gasteiger partial charge is 0.238 e. The van der Waals surface area contributed by atoms with Crippen LogP contribution in [0.3, 0.4) is 0 Å². The van der Waals surface area contributed by atoms with Crippen LogP contribution in [0.2, 0.25) is 0 Å². The number of para-hydroxylation sites is 2. The van der Waals surface area contributed by atoms with Crippen LogP contribution in [0, 0.1) is 5.92 Å². The summed E-state index contributed by atoms with van der Waals surface area (Å²) in [6, 6.07) is 10.8. The van der Waals surface area contributed by atoms with E-state index < -0.39 is 0 Å². The lowest BCUT2D eigenvalue weighted by Gasteiger charge is -2.16. The molecule has 7 heteroatoms. The Labute approximate surface area is 199 Å². The summed E-state index contributed by atoms with van der Waals surface area (Å²) < 4.78 is 0. The highest BCUT2D eigenvalue weighted by molar-refractivity contribution is 9.10. The SMILES string of the molecule is Br.CC(C)c1cccc(N)c1O.CC(C)c1cccc(NC(=O)C(Br)C(C)C)c1O. The van der Waals surface area contributed by atoms with Crippen LogP contribution in [0.4, 0.5) is 11.4 Å². The number of nitrogens with two attached hydrogens (primary N) is 1. The van der Waals surface area contributed by atoms with Crippen molar-refractivity contribution in [3.63, 3.8) is 0 Å². The maximum absolute atomic E-state index is 11.9. The standard InChI is InChI=1S/C14H20BrNO2.C9H13NO.BrH/c1-8(2)10-6-5-7-11(13(10)17)16-14(18)12(15)9(3)4;1-6(2)7-4-3-5-8(10)9(7)11;/h5-9,12,17H,1-4H3,(H,16,18);3-6,11H,10H2,1-2H3;1H. The first-order chi connectivity index (χ1) is 13.5. The minimum Gasteiger partial charge on any atom is -0.505 e. The van der Waals surface area contributed by atoms with Crippen molar-refractivity contribution in [2.45, 2.75) is 58.2 Å². The molecule has 0 radical (unpaired) electrons. The molecule has 5 nitrogen and oxygen atoms in total. The number of amides is 1. The van der Waals surface area contributed by atoms with Crippen molar-refractivity contribution < 1.29 is 15.0 Å². The summed E-state index contributed by atoms with van der Waals surface area (Å²) >= 11 is 3.34. The van der Waals surface area contributed by atoms with Gasteiger partial charge in [-0.2, -0.15) is 0 Å². The monoisotopic (exact) mass is 544 g/mol. The maximum atomic E-state index is 11.9. The van der Waals surface area contributed by atoms with Gasteiger partial charge in [0.15, 0.2) is 0 Å². The molecule has 5 N–H and O–H groups in total. The quantitative estimate of drug-likeness (QED) is 0.194. The van der Waals surface area contributed by atoms with Gasteiger partial charge in [0.2, 0.25) is 5.91 Å². The van der Waals surface area contributed by atoms with Gasteiger partial charge in [0, 0.05) is 0 Å². The molecule has 0 saturated heterocycles. The van der Waals surface area contributed by atoms with Crippen molar-refractivity contribution in [2.24, 2.45) is 5.92 Å². The Balaban J connectivity index is 0.000000603. The molecule has 0 bridgehead atoms. The molecule has 168 valence electrons. The van der Waals surface area contributed by atoms with Crippen molar-refractivity contribution in [3.8, 4) is 11.5 Å². The molecule has 30 heavy (non-hydrogen) atoms. The zero-order valence-electron chi connectivity index (χ0n) is 18.4. The number of hydrogen-bond acceptors (Lipinski definition) is 4. The minimum absolute atomic E-state index is 0. The van der Waals surface area contributed by atoms with Crippen LogP contribution in [0.1, 0.15) is 64.5 Å². The first-order valence-electron chi connectivity index (χ1n) is 9.81. The highest BCUT2D eigenvalue weighted by Crippen LogP contribution is 2.33. The molecule has 0 aliphatic carbocycles. The molecule has 1 amide bonds. The van der Waals surface area contributed by atoms with Crippen LogP contribution in [0.25, 0.3) is 0 Å². The molecule has 0 fully saturated rings. The van der Waals surface area contributed by atoms with E-state index in [1.54, 1.807) is 12.1 Å². The Morgan fingerprint density at radius 1 is 0.900 bits per heavy atom. The van der Waals surface area contributed by atoms with Gasteiger partial charge in [-0.1, -0.05) is 81.7 Å². The number of phenols is 2. The van der Waals surface area contributed by atoms with E-state index in [1.807, 2.05) is 65.8 Å². The number of rotatable bonds is 5. The van der Waals surface area contributed by atoms with E-state index in [0.29, 0.717) is 17.3 Å². The van der Waals surface area contributed by atoms with Crippen molar-refractivity contribution in [1.29, 1.82) is 0 Å². The van der Waals surface area contributed by atoms with Crippen molar-refractivity contribution >= 4 is 50.2 Å². The van der Waals surface area contributed by atoms with E-state index in [2.05, 4.69) is 21.2 Å². The van der Waals surface area contributed by atoms with Gasteiger partial charge in [-0.15, -0.1) is 17.0 Å². The summed E-state index contributed by atoms with van der Waals surface area (Å²) in [4.78, 5) is 11.7. The van der Waals surface area contributed by atoms with Crippen LogP contribution >= 0.6 is 32.9 Å². The third kappa shape index (κ3) is 7.84. The first kappa shape index (κ1) is 28.3. The van der Waals surface area contributed by atoms with Crippen LogP contribution in [0.15, 0.2) is 36.4 Å². The Morgan fingerprint density at radius 3 is 1.80 bits per heavy atom. The van der Waals surface area contributed by atoms with Gasteiger partial charge < -0.3 is 21.3 Å². The fourth-order valence-electron chi connectivity index (χ4n) is 2.68. The average Bonchev–Trinajstić information content (AvgIpc) is 2.64. The number of nitrogen functional groups attached to an aromatic ring is 1. The lowest BCUT2D eigenvalue weighted by atomic mass is 10.0. The normalized spacial score (nSPS) is 11.5. The van der Waals surface area contributed by atoms with Gasteiger partial charge in [-0.25, -0.2) is 0 Å². The molecule has 2 aromatic rings. The summed E-state index contributed by atoms with van der Waals surface area (Å²) in [5.74, 6) is 0.971. The number of carbonyl (C=O) groups excluding carboxylic acids is 1. The molecule has 1 unspecified atom stereocenters. The molecule has 2 aromatic carbocycles. The minimum atomic E-state index is -0.264. The molecule has 0 aliphatic rings. The molecule has 0 saturated carbocycles. The Morgan fingerprint density at radius 2 is 1.37 bits per heavy atom. The van der Waals surface area contributed by atoms with Gasteiger partial charge >= 0.3 is 0 Å². The van der Waals surface area contributed by atoms with Crippen LogP contribution in [-0.2, 0) is 4.79 Å². The summed E-state index contributed by atoms with van der Waals surface area (Å²) in [5.41, 5.74) is 8.18. The average molecular weight is 546 g/mol. The topological polar surface area (TPSA) is 95.6 Å². The summed E-state index contributed by atoms with van der Waals surface area (Å²) in [5, 5.41) is 22.3. The number of hydrogen-bond donors (Lipinski definition) is 4. The fourth-order valence-corrected chi connectivity index (χ4v) is 2.79. The maximum Gasteiger partial charge on any atom is 0.238 e. The van der Waals surface area contributed by atoms with Crippen molar-refractivity contribution in [1.82, 2.24) is 0 Å². The second-order valence-corrected chi connectivity index (χ2v) is 8.96. The predicted octanol–water partition coefficient (Wildman–Crippen LogP) is 6.55. The molecule has 0 spiro atoms. The summed E-state index contributed by atoms with van der Waals surface area (Å²) in [6.45, 7) is 12.0. The summed E-state index contributed by atoms with van der Waals surface area (Å²) in [6.07, 6.45) is 0. The number of carbonyl (C=O) groups is 1. The third-order valence-electron chi connectivity index (χ3n) is 4.50. The zero-order chi connectivity index (χ0) is 22.3. The van der Waals surface area contributed by atoms with Gasteiger partial charge in [0.1, 0.15) is 11.5 Å². The second kappa shape index (κ2) is 12.8. The van der Waals surface area contributed by atoms with E-state index in [4.69, 9.17) is 5.73 Å². The van der Waals surface area contributed by atoms with Gasteiger partial charge in [-0.05, 0) is 41.0 Å². The number of anilines is 2. The van der Waals surface area contributed by atoms with E-state index >= 15 is 0 Å². The highest BCUT2D eigenvalue weighted by atomic mass is 79.9. The lowest BCUT2D eigenvalue weighted by Crippen LogP contribution is -2.27. The largest absolute Gasteiger partial charge is 0.505 e. The first-order valence-corrected chi connectivity index (χ1v) is 10.7. The van der Waals surface area contributed by atoms with Crippen molar-refractivity contribution in [2.75, 3.05) is 11.1 Å². The molecular formula is C23H34Br2N2O3. The number of phenolic OH excluding ortho intramolecular Hbond substituents is 2. The van der Waals surface area contributed by atoms with E-state index in [-0.39, 0.29) is 51.1 Å². The second-order valence-electron chi connectivity index (χ2n) is 7.97. The number of benzene rings is 2. The third-order valence-corrected chi connectivity index (χ3v) is 5.98. The molecule has 1 atom stereocenters.